The Balaban J connectivity index is 1.19. The average molecular weight is 998 g/mol. The lowest BCUT2D eigenvalue weighted by atomic mass is 9.81. The summed E-state index contributed by atoms with van der Waals surface area (Å²) >= 11 is 0. The number of rotatable bonds is 25. The fourth-order valence-electron chi connectivity index (χ4n) is 8.06. The molecule has 384 valence electrons. The third-order valence-electron chi connectivity index (χ3n) is 11.7. The van der Waals surface area contributed by atoms with Crippen LogP contribution >= 0.6 is 0 Å². The Kier molecular flexibility index (Phi) is 19.0. The van der Waals surface area contributed by atoms with Crippen LogP contribution in [0.4, 0.5) is 25.0 Å². The van der Waals surface area contributed by atoms with E-state index >= 15 is 4.39 Å². The Bertz CT molecular complexity index is 2620. The minimum Gasteiger partial charge on any atom is -0.387 e. The zero-order valence-corrected chi connectivity index (χ0v) is 40.5. The van der Waals surface area contributed by atoms with Crippen LogP contribution in [0, 0.1) is 17.0 Å². The number of aliphatic hydroxyl groups excluding tert-OH is 1. The second-order valence-electron chi connectivity index (χ2n) is 18.4. The van der Waals surface area contributed by atoms with Crippen LogP contribution in [0.15, 0.2) is 91.1 Å². The van der Waals surface area contributed by atoms with Crippen LogP contribution in [-0.4, -0.2) is 118 Å². The second-order valence-corrected chi connectivity index (χ2v) is 18.4. The summed E-state index contributed by atoms with van der Waals surface area (Å²) < 4.78 is 30.7. The van der Waals surface area contributed by atoms with Gasteiger partial charge in [-0.2, -0.15) is 5.10 Å². The number of nitrogens with zero attached hydrogens (tertiary/aromatic N) is 4. The third kappa shape index (κ3) is 14.8. The summed E-state index contributed by atoms with van der Waals surface area (Å²) in [6.07, 6.45) is 4.58. The Morgan fingerprint density at radius 1 is 0.917 bits per heavy atom. The van der Waals surface area contributed by atoms with Crippen molar-refractivity contribution in [2.45, 2.75) is 83.5 Å². The first-order valence-electron chi connectivity index (χ1n) is 23.2. The van der Waals surface area contributed by atoms with E-state index in [2.05, 4.69) is 26.6 Å². The van der Waals surface area contributed by atoms with E-state index in [1.165, 1.54) is 28.6 Å². The van der Waals surface area contributed by atoms with Crippen molar-refractivity contribution in [3.8, 4) is 5.69 Å². The summed E-state index contributed by atoms with van der Waals surface area (Å²) in [5.74, 6) is -5.12. The number of aldehydes is 1. The van der Waals surface area contributed by atoms with E-state index in [-0.39, 0.29) is 57.5 Å². The predicted octanol–water partition coefficient (Wildman–Crippen LogP) is 2.42. The van der Waals surface area contributed by atoms with Crippen LogP contribution in [0.25, 0.3) is 5.69 Å². The molecule has 3 aromatic carbocycles. The number of carbonyl (C=O) groups excluding carboxylic acids is 8. The SMILES string of the molecule is C[C@H](NC(=O)CCNC(=O)[C@@H](N)CCN(C(=O)CO)[C@@H](c1nn(-c2cc(F)ccc2F)cc1Cc1ccccc1)C(C)(C)C)C(=O)N[C@](C=O)(CCCNC(N)=O)CNc1ccc(N2C(=O)C=CC2=O)cc1. The fourth-order valence-corrected chi connectivity index (χ4v) is 8.06. The third-order valence-corrected chi connectivity index (χ3v) is 11.7. The first-order chi connectivity index (χ1) is 34.1. The summed E-state index contributed by atoms with van der Waals surface area (Å²) in [6, 6.07) is 14.5. The van der Waals surface area contributed by atoms with Gasteiger partial charge in [0.2, 0.25) is 23.6 Å². The number of benzene rings is 3. The monoisotopic (exact) mass is 997 g/mol. The molecule has 0 saturated carbocycles. The molecule has 0 radical (unpaired) electrons. The number of aromatic nitrogens is 2. The van der Waals surface area contributed by atoms with Gasteiger partial charge in [0.15, 0.2) is 0 Å². The topological polar surface area (TPSA) is 293 Å². The van der Waals surface area contributed by atoms with E-state index in [0.29, 0.717) is 35.3 Å². The number of primary amides is 1. The Morgan fingerprint density at radius 3 is 2.22 bits per heavy atom. The second kappa shape index (κ2) is 24.8. The summed E-state index contributed by atoms with van der Waals surface area (Å²) in [6.45, 7) is 5.66. The average Bonchev–Trinajstić information content (AvgIpc) is 3.91. The van der Waals surface area contributed by atoms with Gasteiger partial charge in [-0.25, -0.2) is 23.2 Å². The predicted molar refractivity (Wildman–Crippen MR) is 262 cm³/mol. The maximum atomic E-state index is 15.1. The Morgan fingerprint density at radius 2 is 1.60 bits per heavy atom. The molecule has 4 aromatic rings. The van der Waals surface area contributed by atoms with Crippen LogP contribution in [0.5, 0.6) is 0 Å². The minimum absolute atomic E-state index is 0.0310. The molecule has 72 heavy (non-hydrogen) atoms. The van der Waals surface area contributed by atoms with Gasteiger partial charge in [0.25, 0.3) is 11.8 Å². The van der Waals surface area contributed by atoms with Gasteiger partial charge in [0.05, 0.1) is 23.5 Å². The van der Waals surface area contributed by atoms with Crippen molar-refractivity contribution in [3.63, 3.8) is 0 Å². The minimum atomic E-state index is -1.55. The number of nitrogens with two attached hydrogens (primary N) is 2. The molecule has 0 aliphatic carbocycles. The van der Waals surface area contributed by atoms with E-state index in [0.717, 1.165) is 40.8 Å². The molecule has 4 atom stereocenters. The van der Waals surface area contributed by atoms with E-state index in [1.807, 2.05) is 51.1 Å². The normalized spacial score (nSPS) is 14.4. The summed E-state index contributed by atoms with van der Waals surface area (Å²) in [5.41, 5.74) is 11.6. The molecule has 20 nitrogen and oxygen atoms in total. The molecule has 10 N–H and O–H groups in total. The van der Waals surface area contributed by atoms with Gasteiger partial charge in [0, 0.05) is 74.7 Å². The molecule has 0 fully saturated rings. The molecule has 0 saturated heterocycles. The summed E-state index contributed by atoms with van der Waals surface area (Å²) in [5, 5.41) is 28.2. The van der Waals surface area contributed by atoms with Crippen molar-refractivity contribution in [2.75, 3.05) is 43.0 Å². The molecule has 5 rings (SSSR count). The summed E-state index contributed by atoms with van der Waals surface area (Å²) in [4.78, 5) is 104. The lowest BCUT2D eigenvalue weighted by Gasteiger charge is -2.40. The van der Waals surface area contributed by atoms with Crippen molar-refractivity contribution < 1.29 is 52.2 Å². The number of nitrogens with one attached hydrogen (secondary N) is 5. The molecule has 1 aliphatic heterocycles. The molecule has 0 bridgehead atoms. The number of imide groups is 1. The maximum Gasteiger partial charge on any atom is 0.312 e. The zero-order chi connectivity index (χ0) is 52.8. The zero-order valence-electron chi connectivity index (χ0n) is 40.5. The van der Waals surface area contributed by atoms with E-state index in [1.54, 1.807) is 18.3 Å². The van der Waals surface area contributed by atoms with Gasteiger partial charge >= 0.3 is 6.03 Å². The highest BCUT2D eigenvalue weighted by molar-refractivity contribution is 6.28. The number of carbonyl (C=O) groups is 8. The molecule has 1 aliphatic rings. The molecule has 22 heteroatoms. The Labute approximate surface area is 414 Å². The quantitative estimate of drug-likeness (QED) is 0.0270. The highest BCUT2D eigenvalue weighted by Gasteiger charge is 2.39. The molecular formula is C50H61F2N11O9. The van der Waals surface area contributed by atoms with Crippen LogP contribution in [0.3, 0.4) is 0 Å². The van der Waals surface area contributed by atoms with Crippen LogP contribution in [-0.2, 0) is 40.0 Å². The molecular weight excluding hydrogens is 937 g/mol. The van der Waals surface area contributed by atoms with E-state index < -0.39 is 88.8 Å². The first-order valence-corrected chi connectivity index (χ1v) is 23.2. The maximum absolute atomic E-state index is 15.1. The number of halogens is 2. The fraction of sp³-hybridized carbons (Fsp3) is 0.380. The van der Waals surface area contributed by atoms with Crippen molar-refractivity contribution >= 4 is 59.1 Å². The van der Waals surface area contributed by atoms with Crippen molar-refractivity contribution in [1.29, 1.82) is 0 Å². The summed E-state index contributed by atoms with van der Waals surface area (Å²) in [7, 11) is 0. The largest absolute Gasteiger partial charge is 0.387 e. The van der Waals surface area contributed by atoms with E-state index in [4.69, 9.17) is 16.6 Å². The molecule has 0 unspecified atom stereocenters. The highest BCUT2D eigenvalue weighted by Crippen LogP contribution is 2.40. The van der Waals surface area contributed by atoms with Gasteiger partial charge in [0.1, 0.15) is 41.8 Å². The number of hydrogen-bond acceptors (Lipinski definition) is 12. The standard InChI is InChI=1S/C50H61F2N11O9/c1-31(46(70)59-50(30-65,21-8-22-56-48(54)72)29-57-35-12-14-36(15-13-35)63-41(67)17-18-42(63)68)58-40(66)19-23-55-47(71)38(53)20-24-61(43(69)28-64)45(49(2,3)4)44-33(25-32-9-6-5-7-10-32)27-62(60-44)39-26-34(51)11-16-37(39)52/h5-7,9-18,26-27,30-31,38,45,57,64H,8,19-25,28-29,53H2,1-4H3,(H,55,71)(H,58,66)(H,59,70)(H3,54,56,72)/t31-,38-,45-,50+/m0/s1. The van der Waals surface area contributed by atoms with Gasteiger partial charge in [-0.1, -0.05) is 51.1 Å². The van der Waals surface area contributed by atoms with Gasteiger partial charge in [-0.3, -0.25) is 28.8 Å². The van der Waals surface area contributed by atoms with Gasteiger partial charge < -0.3 is 52.9 Å². The highest BCUT2D eigenvalue weighted by atomic mass is 19.1. The number of aliphatic hydroxyl groups is 1. The van der Waals surface area contributed by atoms with Crippen molar-refractivity contribution in [1.82, 2.24) is 35.9 Å². The van der Waals surface area contributed by atoms with Crippen LogP contribution in [0.1, 0.15) is 76.2 Å². The van der Waals surface area contributed by atoms with Crippen molar-refractivity contribution in [2.24, 2.45) is 16.9 Å². The van der Waals surface area contributed by atoms with Crippen LogP contribution < -0.4 is 43.0 Å². The molecule has 8 amide bonds. The Hall–Kier alpha value is -7.85. The molecule has 2 heterocycles. The number of anilines is 2. The first kappa shape index (κ1) is 55.1. The molecule has 1 aromatic heterocycles. The smallest absolute Gasteiger partial charge is 0.312 e. The van der Waals surface area contributed by atoms with Crippen LogP contribution in [0.2, 0.25) is 0 Å². The number of hydrogen-bond donors (Lipinski definition) is 8. The van der Waals surface area contributed by atoms with Gasteiger partial charge in [-0.15, -0.1) is 0 Å². The van der Waals surface area contributed by atoms with E-state index in [9.17, 15) is 47.9 Å². The lowest BCUT2D eigenvalue weighted by Crippen LogP contribution is -2.59. The lowest BCUT2D eigenvalue weighted by molar-refractivity contribution is -0.140. The van der Waals surface area contributed by atoms with Gasteiger partial charge in [-0.05, 0) is 73.6 Å². The van der Waals surface area contributed by atoms with Crippen molar-refractivity contribution in [3.05, 3.63) is 120 Å². The number of amides is 8. The molecule has 0 spiro atoms. The number of urea groups is 1.